The minimum Gasteiger partial charge on any atom is -0.478 e. The van der Waals surface area contributed by atoms with Gasteiger partial charge >= 0.3 is 5.97 Å². The summed E-state index contributed by atoms with van der Waals surface area (Å²) in [6.45, 7) is 2.22. The number of likely N-dealkylation sites (tertiary alicyclic amines) is 1. The van der Waals surface area contributed by atoms with Crippen LogP contribution in [0, 0.1) is 17.8 Å². The van der Waals surface area contributed by atoms with E-state index in [1.807, 2.05) is 12.1 Å². The molecular weight excluding hydrogens is 308 g/mol. The van der Waals surface area contributed by atoms with Gasteiger partial charge in [0.2, 0.25) is 0 Å². The van der Waals surface area contributed by atoms with Crippen LogP contribution in [0.1, 0.15) is 28.2 Å². The van der Waals surface area contributed by atoms with Crippen molar-refractivity contribution in [3.63, 3.8) is 0 Å². The summed E-state index contributed by atoms with van der Waals surface area (Å²) >= 11 is 1.55. The van der Waals surface area contributed by atoms with E-state index < -0.39 is 5.97 Å². The Morgan fingerprint density at radius 1 is 1.30 bits per heavy atom. The Balaban J connectivity index is 1.70. The van der Waals surface area contributed by atoms with Gasteiger partial charge in [-0.05, 0) is 56.6 Å². The minimum atomic E-state index is -0.912. The smallest absolute Gasteiger partial charge is 0.335 e. The maximum absolute atomic E-state index is 10.9. The lowest BCUT2D eigenvalue weighted by atomic mass is 9.98. The van der Waals surface area contributed by atoms with E-state index in [-0.39, 0.29) is 0 Å². The van der Waals surface area contributed by atoms with Crippen molar-refractivity contribution >= 4 is 17.3 Å². The fourth-order valence-corrected chi connectivity index (χ4v) is 3.34. The molecular formula is C18H18N2O2S. The SMILES string of the molecule is CN1CCC(C#Cc2ncc(-c3ccc(C(=O)O)cc3)s2)CC1. The van der Waals surface area contributed by atoms with Gasteiger partial charge in [0, 0.05) is 12.1 Å². The molecule has 0 aliphatic carbocycles. The fraction of sp³-hybridized carbons (Fsp3) is 0.333. The number of carbonyl (C=O) groups is 1. The molecule has 1 saturated heterocycles. The number of nitrogens with zero attached hydrogens (tertiary/aromatic N) is 2. The van der Waals surface area contributed by atoms with Gasteiger partial charge in [-0.25, -0.2) is 9.78 Å². The van der Waals surface area contributed by atoms with Gasteiger partial charge in [-0.1, -0.05) is 18.1 Å². The quantitative estimate of drug-likeness (QED) is 0.861. The summed E-state index contributed by atoms with van der Waals surface area (Å²) in [7, 11) is 2.15. The number of rotatable bonds is 2. The minimum absolute atomic E-state index is 0.292. The number of aromatic carboxylic acids is 1. The van der Waals surface area contributed by atoms with Crippen molar-refractivity contribution in [2.24, 2.45) is 5.92 Å². The molecule has 0 radical (unpaired) electrons. The average molecular weight is 326 g/mol. The van der Waals surface area contributed by atoms with E-state index in [0.29, 0.717) is 11.5 Å². The van der Waals surface area contributed by atoms with Crippen LogP contribution in [0.3, 0.4) is 0 Å². The zero-order valence-corrected chi connectivity index (χ0v) is 13.8. The first kappa shape index (κ1) is 15.7. The number of benzene rings is 1. The molecule has 0 amide bonds. The summed E-state index contributed by atoms with van der Waals surface area (Å²) in [5.74, 6) is 6.09. The molecule has 1 fully saturated rings. The Kier molecular flexibility index (Phi) is 4.75. The second-order valence-electron chi connectivity index (χ2n) is 5.76. The Labute approximate surface area is 139 Å². The van der Waals surface area contributed by atoms with E-state index in [2.05, 4.69) is 28.8 Å². The van der Waals surface area contributed by atoms with Crippen LogP contribution in [0.5, 0.6) is 0 Å². The highest BCUT2D eigenvalue weighted by Gasteiger charge is 2.14. The van der Waals surface area contributed by atoms with Crippen molar-refractivity contribution in [3.8, 4) is 22.3 Å². The molecule has 2 aromatic rings. The normalized spacial score (nSPS) is 15.9. The molecule has 0 atom stereocenters. The molecule has 1 aromatic carbocycles. The topological polar surface area (TPSA) is 53.4 Å². The summed E-state index contributed by atoms with van der Waals surface area (Å²) in [6.07, 6.45) is 4.05. The highest BCUT2D eigenvalue weighted by molar-refractivity contribution is 7.15. The summed E-state index contributed by atoms with van der Waals surface area (Å²) < 4.78 is 0. The van der Waals surface area contributed by atoms with Crippen LogP contribution in [0.2, 0.25) is 0 Å². The third kappa shape index (κ3) is 3.98. The predicted octanol–water partition coefficient (Wildman–Crippen LogP) is 3.20. The van der Waals surface area contributed by atoms with E-state index >= 15 is 0 Å². The molecule has 1 N–H and O–H groups in total. The molecule has 4 nitrogen and oxygen atoms in total. The number of carboxylic acid groups (broad SMARTS) is 1. The molecule has 0 spiro atoms. The molecule has 118 valence electrons. The van der Waals surface area contributed by atoms with E-state index in [4.69, 9.17) is 5.11 Å². The Morgan fingerprint density at radius 2 is 2.00 bits per heavy atom. The first-order valence-corrected chi connectivity index (χ1v) is 8.43. The standard InChI is InChI=1S/C18H18N2O2S/c1-20-10-8-13(9-11-20)2-7-17-19-12-16(23-17)14-3-5-15(6-4-14)18(21)22/h3-6,12-13H,8-11H2,1H3,(H,21,22). The molecule has 23 heavy (non-hydrogen) atoms. The van der Waals surface area contributed by atoms with Crippen LogP contribution in [0.25, 0.3) is 10.4 Å². The van der Waals surface area contributed by atoms with Crippen LogP contribution >= 0.6 is 11.3 Å². The van der Waals surface area contributed by atoms with E-state index in [1.54, 1.807) is 29.7 Å². The largest absolute Gasteiger partial charge is 0.478 e. The molecule has 5 heteroatoms. The van der Waals surface area contributed by atoms with Gasteiger partial charge in [-0.3, -0.25) is 0 Å². The van der Waals surface area contributed by atoms with Crippen LogP contribution in [-0.2, 0) is 0 Å². The zero-order chi connectivity index (χ0) is 16.2. The number of piperidine rings is 1. The molecule has 1 aromatic heterocycles. The Hall–Kier alpha value is -2.16. The van der Waals surface area contributed by atoms with Crippen molar-refractivity contribution in [1.29, 1.82) is 0 Å². The highest BCUT2D eigenvalue weighted by atomic mass is 32.1. The van der Waals surface area contributed by atoms with Crippen LogP contribution in [0.15, 0.2) is 30.5 Å². The Morgan fingerprint density at radius 3 is 2.65 bits per heavy atom. The van der Waals surface area contributed by atoms with Crippen molar-refractivity contribution in [3.05, 3.63) is 41.0 Å². The second-order valence-corrected chi connectivity index (χ2v) is 6.79. The third-order valence-electron chi connectivity index (χ3n) is 4.02. The van der Waals surface area contributed by atoms with Crippen LogP contribution in [0.4, 0.5) is 0 Å². The maximum Gasteiger partial charge on any atom is 0.335 e. The van der Waals surface area contributed by atoms with Gasteiger partial charge in [-0.2, -0.15) is 0 Å². The van der Waals surface area contributed by atoms with Gasteiger partial charge in [0.15, 0.2) is 5.01 Å². The average Bonchev–Trinajstić information content (AvgIpc) is 3.03. The molecule has 0 bridgehead atoms. The summed E-state index contributed by atoms with van der Waals surface area (Å²) in [4.78, 5) is 18.6. The monoisotopic (exact) mass is 326 g/mol. The van der Waals surface area contributed by atoms with Crippen LogP contribution < -0.4 is 0 Å². The fourth-order valence-electron chi connectivity index (χ4n) is 2.56. The first-order valence-electron chi connectivity index (χ1n) is 7.61. The number of aromatic nitrogens is 1. The first-order chi connectivity index (χ1) is 11.1. The van der Waals surface area contributed by atoms with Gasteiger partial charge in [0.1, 0.15) is 0 Å². The number of thiazole rings is 1. The molecule has 0 saturated carbocycles. The molecule has 2 heterocycles. The van der Waals surface area contributed by atoms with Crippen molar-refractivity contribution in [2.75, 3.05) is 20.1 Å². The number of hydrogen-bond donors (Lipinski definition) is 1. The zero-order valence-electron chi connectivity index (χ0n) is 13.0. The van der Waals surface area contributed by atoms with Crippen molar-refractivity contribution < 1.29 is 9.90 Å². The molecule has 0 unspecified atom stereocenters. The van der Waals surface area contributed by atoms with Crippen molar-refractivity contribution in [1.82, 2.24) is 9.88 Å². The Bertz CT molecular complexity index is 747. The third-order valence-corrected chi connectivity index (χ3v) is 4.99. The summed E-state index contributed by atoms with van der Waals surface area (Å²) in [5, 5.41) is 9.75. The maximum atomic E-state index is 10.9. The van der Waals surface area contributed by atoms with E-state index in [9.17, 15) is 4.79 Å². The van der Waals surface area contributed by atoms with Gasteiger partial charge in [-0.15, -0.1) is 11.3 Å². The summed E-state index contributed by atoms with van der Waals surface area (Å²) in [6, 6.07) is 6.85. The van der Waals surface area contributed by atoms with E-state index in [0.717, 1.165) is 41.4 Å². The lowest BCUT2D eigenvalue weighted by Crippen LogP contribution is -2.29. The summed E-state index contributed by atoms with van der Waals surface area (Å²) in [5.41, 5.74) is 1.26. The van der Waals surface area contributed by atoms with Crippen LogP contribution in [-0.4, -0.2) is 41.1 Å². The second kappa shape index (κ2) is 6.95. The predicted molar refractivity (Wildman–Crippen MR) is 91.6 cm³/mol. The van der Waals surface area contributed by atoms with E-state index in [1.165, 1.54) is 0 Å². The van der Waals surface area contributed by atoms with Gasteiger partial charge in [0.05, 0.1) is 10.4 Å². The van der Waals surface area contributed by atoms with Crippen molar-refractivity contribution in [2.45, 2.75) is 12.8 Å². The number of hydrogen-bond acceptors (Lipinski definition) is 4. The van der Waals surface area contributed by atoms with Gasteiger partial charge in [0.25, 0.3) is 0 Å². The molecule has 1 aliphatic heterocycles. The molecule has 3 rings (SSSR count). The number of carboxylic acids is 1. The highest BCUT2D eigenvalue weighted by Crippen LogP contribution is 2.26. The lowest BCUT2D eigenvalue weighted by Gasteiger charge is -2.25. The molecule has 1 aliphatic rings. The lowest BCUT2D eigenvalue weighted by molar-refractivity contribution is 0.0697. The van der Waals surface area contributed by atoms with Gasteiger partial charge < -0.3 is 10.0 Å².